The minimum absolute atomic E-state index is 0.134. The van der Waals surface area contributed by atoms with Gasteiger partial charge < -0.3 is 18.9 Å². The number of aryl methyl sites for hydroxylation is 1. The number of hydrogen-bond acceptors (Lipinski definition) is 6. The normalized spacial score (nSPS) is 18.9. The third-order valence-electron chi connectivity index (χ3n) is 9.22. The van der Waals surface area contributed by atoms with Crippen LogP contribution in [0.2, 0.25) is 0 Å². The highest BCUT2D eigenvalue weighted by Crippen LogP contribution is 2.48. The van der Waals surface area contributed by atoms with Crippen LogP contribution in [0.15, 0.2) is 109 Å². The van der Waals surface area contributed by atoms with Crippen molar-refractivity contribution in [2.75, 3.05) is 14.2 Å². The van der Waals surface area contributed by atoms with Gasteiger partial charge in [0.25, 0.3) is 11.2 Å². The highest BCUT2D eigenvalue weighted by Gasteiger charge is 2.66. The lowest BCUT2D eigenvalue weighted by Gasteiger charge is -2.39. The molecule has 1 aliphatic rings. The Hall–Kier alpha value is -4.94. The van der Waals surface area contributed by atoms with E-state index in [0.29, 0.717) is 30.6 Å². The number of esters is 2. The number of halogens is 6. The Kier molecular flexibility index (Phi) is 9.12. The van der Waals surface area contributed by atoms with Gasteiger partial charge in [-0.1, -0.05) is 109 Å². The maximum Gasteiger partial charge on any atom is 0.432 e. The first-order valence-corrected chi connectivity index (χ1v) is 15.5. The second-order valence-electron chi connectivity index (χ2n) is 11.8. The zero-order chi connectivity index (χ0) is 35.9. The second kappa shape index (κ2) is 13.1. The predicted octanol–water partition coefficient (Wildman–Crippen LogP) is 8.64. The van der Waals surface area contributed by atoms with E-state index in [1.165, 1.54) is 36.4 Å². The Morgan fingerprint density at radius 3 is 1.62 bits per heavy atom. The van der Waals surface area contributed by atoms with Crippen LogP contribution in [-0.4, -0.2) is 44.6 Å². The van der Waals surface area contributed by atoms with Crippen LogP contribution in [-0.2, 0) is 46.2 Å². The van der Waals surface area contributed by atoms with Crippen molar-refractivity contribution in [3.63, 3.8) is 0 Å². The summed E-state index contributed by atoms with van der Waals surface area (Å²) in [6, 6.07) is 26.5. The van der Waals surface area contributed by atoms with E-state index >= 15 is 0 Å². The fraction of sp³-hybridized carbons (Fsp3) is 0.263. The maximum atomic E-state index is 15.0. The van der Waals surface area contributed by atoms with E-state index < -0.39 is 58.8 Å². The fourth-order valence-corrected chi connectivity index (χ4v) is 6.79. The lowest BCUT2D eigenvalue weighted by molar-refractivity contribution is -0.286. The van der Waals surface area contributed by atoms with Crippen LogP contribution >= 0.6 is 0 Å². The van der Waals surface area contributed by atoms with E-state index in [0.717, 1.165) is 35.0 Å². The molecule has 6 rings (SSSR count). The number of alkyl halides is 6. The molecular formula is C38H30F6O6. The third-order valence-corrected chi connectivity index (χ3v) is 9.22. The molecule has 50 heavy (non-hydrogen) atoms. The summed E-state index contributed by atoms with van der Waals surface area (Å²) >= 11 is 0. The Morgan fingerprint density at radius 2 is 1.08 bits per heavy atom. The summed E-state index contributed by atoms with van der Waals surface area (Å²) in [5.41, 5.74) is -7.67. The molecule has 0 heterocycles. The lowest BCUT2D eigenvalue weighted by Crippen LogP contribution is -2.54. The van der Waals surface area contributed by atoms with E-state index in [2.05, 4.69) is 0 Å². The number of rotatable bonds is 8. The van der Waals surface area contributed by atoms with Crippen LogP contribution in [0.25, 0.3) is 21.5 Å². The molecule has 0 aliphatic heterocycles. The highest BCUT2D eigenvalue weighted by molar-refractivity contribution is 6.09. The molecule has 4 atom stereocenters. The van der Waals surface area contributed by atoms with Crippen LogP contribution < -0.4 is 0 Å². The first-order chi connectivity index (χ1) is 23.8. The number of hydrogen-bond donors (Lipinski definition) is 0. The molecule has 1 aliphatic carbocycles. The van der Waals surface area contributed by atoms with Crippen LogP contribution in [0.4, 0.5) is 26.3 Å². The number of fused-ring (bicyclic) bond motifs is 5. The van der Waals surface area contributed by atoms with Gasteiger partial charge in [-0.25, -0.2) is 9.59 Å². The van der Waals surface area contributed by atoms with E-state index in [1.807, 2.05) is 24.3 Å². The average Bonchev–Trinajstić information content (AvgIpc) is 3.09. The molecule has 0 saturated carbocycles. The highest BCUT2D eigenvalue weighted by atomic mass is 19.4. The van der Waals surface area contributed by atoms with Crippen molar-refractivity contribution in [1.29, 1.82) is 0 Å². The molecule has 0 amide bonds. The quantitative estimate of drug-likeness (QED) is 0.0920. The Labute approximate surface area is 282 Å². The average molecular weight is 697 g/mol. The van der Waals surface area contributed by atoms with Crippen LogP contribution in [0.5, 0.6) is 0 Å². The minimum atomic E-state index is -5.35. The maximum absolute atomic E-state index is 15.0. The monoisotopic (exact) mass is 696 g/mol. The number of carbonyl (C=O) groups is 2. The number of methoxy groups -OCH3 is 2. The van der Waals surface area contributed by atoms with Gasteiger partial charge in [-0.3, -0.25) is 0 Å². The molecular weight excluding hydrogens is 666 g/mol. The van der Waals surface area contributed by atoms with Gasteiger partial charge in [0.1, 0.15) is 6.10 Å². The van der Waals surface area contributed by atoms with Crippen molar-refractivity contribution >= 4 is 33.5 Å². The molecule has 5 aromatic rings. The first-order valence-electron chi connectivity index (χ1n) is 15.5. The molecule has 0 aromatic heterocycles. The van der Waals surface area contributed by atoms with Crippen molar-refractivity contribution in [2.24, 2.45) is 0 Å². The molecule has 0 radical (unpaired) electrons. The van der Waals surface area contributed by atoms with Crippen molar-refractivity contribution in [3.8, 4) is 0 Å². The van der Waals surface area contributed by atoms with Gasteiger partial charge in [-0.15, -0.1) is 0 Å². The summed E-state index contributed by atoms with van der Waals surface area (Å²) < 4.78 is 111. The van der Waals surface area contributed by atoms with Gasteiger partial charge in [0.2, 0.25) is 0 Å². The zero-order valence-electron chi connectivity index (χ0n) is 26.7. The summed E-state index contributed by atoms with van der Waals surface area (Å²) in [6.07, 6.45) is -14.2. The zero-order valence-corrected chi connectivity index (χ0v) is 26.7. The fourth-order valence-electron chi connectivity index (χ4n) is 6.79. The van der Waals surface area contributed by atoms with Crippen molar-refractivity contribution < 1.29 is 54.9 Å². The number of benzene rings is 5. The van der Waals surface area contributed by atoms with Gasteiger partial charge in [0, 0.05) is 30.9 Å². The summed E-state index contributed by atoms with van der Waals surface area (Å²) in [6.45, 7) is 0. The number of ether oxygens (including phenoxy) is 4. The SMILES string of the molecule is CO[C@@](C(=O)O[C@@H]1CCc2ccc3c(ccc4ccccc43)c2[C@@H]1OC(=O)[C@](OC)(c1ccccc1)C(F)(F)F)(c1ccccc1)C(F)(F)F. The molecule has 0 bridgehead atoms. The second-order valence-corrected chi connectivity index (χ2v) is 11.8. The molecule has 0 spiro atoms. The van der Waals surface area contributed by atoms with Crippen molar-refractivity contribution in [2.45, 2.75) is 48.6 Å². The van der Waals surface area contributed by atoms with Gasteiger partial charge in [-0.05, 0) is 39.9 Å². The van der Waals surface area contributed by atoms with Gasteiger partial charge in [-0.2, -0.15) is 26.3 Å². The Balaban J connectivity index is 1.53. The van der Waals surface area contributed by atoms with Crippen LogP contribution in [0.1, 0.15) is 34.8 Å². The molecule has 6 nitrogen and oxygen atoms in total. The Morgan fingerprint density at radius 1 is 0.580 bits per heavy atom. The van der Waals surface area contributed by atoms with Gasteiger partial charge in [0.05, 0.1) is 0 Å². The third kappa shape index (κ3) is 5.56. The topological polar surface area (TPSA) is 71.1 Å². The van der Waals surface area contributed by atoms with Gasteiger partial charge >= 0.3 is 24.3 Å². The van der Waals surface area contributed by atoms with E-state index in [4.69, 9.17) is 18.9 Å². The van der Waals surface area contributed by atoms with E-state index in [9.17, 15) is 35.9 Å². The van der Waals surface area contributed by atoms with Crippen molar-refractivity contribution in [3.05, 3.63) is 131 Å². The standard InChI is InChI=1S/C38H30F6O6/c1-47-35(37(39,40)41,25-12-5-3-6-13-25)33(45)49-30-22-19-24-18-20-28-27-16-10-9-11-23(27)17-21-29(28)31(24)32(30)50-34(46)36(48-2,38(42,43)44)26-14-7-4-8-15-26/h3-18,20-21,30,32H,19,22H2,1-2H3/t30-,32-,35-,36-/m1/s1. The molecule has 12 heteroatoms. The molecule has 0 fully saturated rings. The molecule has 0 saturated heterocycles. The molecule has 0 N–H and O–H groups in total. The molecule has 5 aromatic carbocycles. The Bertz CT molecular complexity index is 2030. The summed E-state index contributed by atoms with van der Waals surface area (Å²) in [7, 11) is 1.40. The van der Waals surface area contributed by atoms with Crippen molar-refractivity contribution in [1.82, 2.24) is 0 Å². The summed E-state index contributed by atoms with van der Waals surface area (Å²) in [4.78, 5) is 27.8. The van der Waals surface area contributed by atoms with E-state index in [-0.39, 0.29) is 18.4 Å². The lowest BCUT2D eigenvalue weighted by atomic mass is 9.82. The summed E-state index contributed by atoms with van der Waals surface area (Å²) in [5, 5.41) is 2.69. The van der Waals surface area contributed by atoms with E-state index in [1.54, 1.807) is 24.3 Å². The van der Waals surface area contributed by atoms with Gasteiger partial charge in [0.15, 0.2) is 6.10 Å². The first kappa shape index (κ1) is 34.9. The molecule has 0 unspecified atom stereocenters. The molecule has 260 valence electrons. The summed E-state index contributed by atoms with van der Waals surface area (Å²) in [5.74, 6) is -3.77. The number of carbonyl (C=O) groups excluding carboxylic acids is 2. The predicted molar refractivity (Wildman–Crippen MR) is 171 cm³/mol. The minimum Gasteiger partial charge on any atom is -0.455 e. The van der Waals surface area contributed by atoms with Crippen LogP contribution in [0.3, 0.4) is 0 Å². The van der Waals surface area contributed by atoms with Crippen LogP contribution in [0, 0.1) is 0 Å². The smallest absolute Gasteiger partial charge is 0.432 e. The largest absolute Gasteiger partial charge is 0.455 e.